The minimum atomic E-state index is -1.21. The zero-order valence-corrected chi connectivity index (χ0v) is 12.9. The van der Waals surface area contributed by atoms with Crippen molar-refractivity contribution in [3.05, 3.63) is 65.7 Å². The quantitative estimate of drug-likeness (QED) is 0.862. The van der Waals surface area contributed by atoms with Gasteiger partial charge < -0.3 is 15.2 Å². The standard InChI is InChI=1S/C18H21NO3/c1-18(21,15-9-4-3-5-10-15)12-17(20)19-16-11-7-6-8-14(16)13-22-2/h3-11,21H,12-13H2,1-2H3,(H,19,20). The molecule has 1 atom stereocenters. The number of rotatable bonds is 6. The van der Waals surface area contributed by atoms with Crippen molar-refractivity contribution in [2.24, 2.45) is 0 Å². The number of benzene rings is 2. The van der Waals surface area contributed by atoms with Crippen LogP contribution in [0, 0.1) is 0 Å². The molecule has 0 aliphatic rings. The molecule has 22 heavy (non-hydrogen) atoms. The molecule has 1 amide bonds. The lowest BCUT2D eigenvalue weighted by Crippen LogP contribution is -2.28. The molecule has 4 heteroatoms. The van der Waals surface area contributed by atoms with Gasteiger partial charge in [-0.15, -0.1) is 0 Å². The third-order valence-electron chi connectivity index (χ3n) is 3.49. The molecule has 0 aromatic heterocycles. The summed E-state index contributed by atoms with van der Waals surface area (Å²) in [6.45, 7) is 2.06. The number of carbonyl (C=O) groups excluding carboxylic acids is 1. The van der Waals surface area contributed by atoms with Crippen molar-refractivity contribution in [1.29, 1.82) is 0 Å². The largest absolute Gasteiger partial charge is 0.385 e. The molecular formula is C18H21NO3. The van der Waals surface area contributed by atoms with Crippen molar-refractivity contribution < 1.29 is 14.6 Å². The van der Waals surface area contributed by atoms with Gasteiger partial charge in [0, 0.05) is 18.4 Å². The average Bonchev–Trinajstić information content (AvgIpc) is 2.50. The average molecular weight is 299 g/mol. The van der Waals surface area contributed by atoms with Gasteiger partial charge in [-0.3, -0.25) is 4.79 Å². The highest BCUT2D eigenvalue weighted by atomic mass is 16.5. The number of nitrogens with one attached hydrogen (secondary N) is 1. The fourth-order valence-corrected chi connectivity index (χ4v) is 2.33. The molecule has 2 aromatic rings. The summed E-state index contributed by atoms with van der Waals surface area (Å²) in [6.07, 6.45) is -0.0155. The SMILES string of the molecule is COCc1ccccc1NC(=O)CC(C)(O)c1ccccc1. The Morgan fingerprint density at radius 1 is 1.14 bits per heavy atom. The predicted molar refractivity (Wildman–Crippen MR) is 86.4 cm³/mol. The van der Waals surface area contributed by atoms with Crippen molar-refractivity contribution in [1.82, 2.24) is 0 Å². The fourth-order valence-electron chi connectivity index (χ4n) is 2.33. The van der Waals surface area contributed by atoms with Crippen LogP contribution >= 0.6 is 0 Å². The summed E-state index contributed by atoms with van der Waals surface area (Å²) in [6, 6.07) is 16.6. The van der Waals surface area contributed by atoms with E-state index in [1.54, 1.807) is 14.0 Å². The summed E-state index contributed by atoms with van der Waals surface area (Å²) >= 11 is 0. The van der Waals surface area contributed by atoms with Crippen LogP contribution in [0.1, 0.15) is 24.5 Å². The molecule has 0 fully saturated rings. The highest BCUT2D eigenvalue weighted by Gasteiger charge is 2.26. The van der Waals surface area contributed by atoms with E-state index in [0.717, 1.165) is 11.1 Å². The zero-order chi connectivity index (χ0) is 16.0. The van der Waals surface area contributed by atoms with E-state index in [1.165, 1.54) is 0 Å². The lowest BCUT2D eigenvalue weighted by Gasteiger charge is -2.23. The molecule has 1 unspecified atom stereocenters. The van der Waals surface area contributed by atoms with Crippen molar-refractivity contribution >= 4 is 11.6 Å². The Morgan fingerprint density at radius 3 is 2.45 bits per heavy atom. The van der Waals surface area contributed by atoms with Gasteiger partial charge in [0.15, 0.2) is 0 Å². The first-order valence-corrected chi connectivity index (χ1v) is 7.17. The first kappa shape index (κ1) is 16.2. The summed E-state index contributed by atoms with van der Waals surface area (Å²) in [7, 11) is 1.61. The Morgan fingerprint density at radius 2 is 1.77 bits per heavy atom. The van der Waals surface area contributed by atoms with E-state index in [-0.39, 0.29) is 12.3 Å². The summed E-state index contributed by atoms with van der Waals surface area (Å²) in [5.41, 5.74) is 1.12. The van der Waals surface area contributed by atoms with E-state index in [0.29, 0.717) is 12.3 Å². The van der Waals surface area contributed by atoms with E-state index in [9.17, 15) is 9.90 Å². The van der Waals surface area contributed by atoms with Gasteiger partial charge in [0.1, 0.15) is 0 Å². The maximum absolute atomic E-state index is 12.2. The predicted octanol–water partition coefficient (Wildman–Crippen LogP) is 3.07. The van der Waals surface area contributed by atoms with Gasteiger partial charge in [0.05, 0.1) is 18.6 Å². The number of aliphatic hydroxyl groups is 1. The lowest BCUT2D eigenvalue weighted by atomic mass is 9.92. The van der Waals surface area contributed by atoms with Gasteiger partial charge in [-0.2, -0.15) is 0 Å². The zero-order valence-electron chi connectivity index (χ0n) is 12.9. The summed E-state index contributed by atoms with van der Waals surface area (Å²) in [5, 5.41) is 13.4. The second-order valence-corrected chi connectivity index (χ2v) is 5.45. The van der Waals surface area contributed by atoms with Crippen LogP contribution in [0.3, 0.4) is 0 Å². The van der Waals surface area contributed by atoms with E-state index >= 15 is 0 Å². The van der Waals surface area contributed by atoms with Crippen molar-refractivity contribution in [2.75, 3.05) is 12.4 Å². The molecule has 2 aromatic carbocycles. The van der Waals surface area contributed by atoms with Crippen LogP contribution < -0.4 is 5.32 Å². The van der Waals surface area contributed by atoms with Crippen LogP contribution in [0.25, 0.3) is 0 Å². The summed E-state index contributed by atoms with van der Waals surface area (Å²) in [4.78, 5) is 12.2. The van der Waals surface area contributed by atoms with E-state index in [1.807, 2.05) is 54.6 Å². The Labute approximate surface area is 130 Å². The monoisotopic (exact) mass is 299 g/mol. The van der Waals surface area contributed by atoms with Gasteiger partial charge in [0.2, 0.25) is 5.91 Å². The third-order valence-corrected chi connectivity index (χ3v) is 3.49. The molecule has 0 aliphatic heterocycles. The van der Waals surface area contributed by atoms with Crippen molar-refractivity contribution in [3.8, 4) is 0 Å². The Balaban J connectivity index is 2.07. The third kappa shape index (κ3) is 4.16. The molecule has 0 saturated heterocycles. The molecule has 0 radical (unpaired) electrons. The van der Waals surface area contributed by atoms with Crippen LogP contribution in [0.4, 0.5) is 5.69 Å². The highest BCUT2D eigenvalue weighted by Crippen LogP contribution is 2.25. The minimum absolute atomic E-state index is 0.0155. The number of anilines is 1. The smallest absolute Gasteiger partial charge is 0.227 e. The maximum atomic E-state index is 12.2. The second kappa shape index (κ2) is 7.20. The molecular weight excluding hydrogens is 278 g/mol. The van der Waals surface area contributed by atoms with Crippen molar-refractivity contribution in [3.63, 3.8) is 0 Å². The number of methoxy groups -OCH3 is 1. The summed E-state index contributed by atoms with van der Waals surface area (Å²) < 4.78 is 5.12. The normalized spacial score (nSPS) is 13.4. The molecule has 0 spiro atoms. The first-order valence-electron chi connectivity index (χ1n) is 7.17. The van der Waals surface area contributed by atoms with E-state index < -0.39 is 5.60 Å². The lowest BCUT2D eigenvalue weighted by molar-refractivity contribution is -0.120. The van der Waals surface area contributed by atoms with Gasteiger partial charge in [-0.1, -0.05) is 48.5 Å². The number of carbonyl (C=O) groups is 1. The molecule has 4 nitrogen and oxygen atoms in total. The van der Waals surface area contributed by atoms with Gasteiger partial charge in [0.25, 0.3) is 0 Å². The first-order chi connectivity index (χ1) is 10.5. The van der Waals surface area contributed by atoms with Crippen LogP contribution in [0.2, 0.25) is 0 Å². The molecule has 0 saturated carbocycles. The van der Waals surface area contributed by atoms with E-state index in [4.69, 9.17) is 4.74 Å². The fraction of sp³-hybridized carbons (Fsp3) is 0.278. The molecule has 116 valence electrons. The molecule has 0 heterocycles. The summed E-state index contributed by atoms with van der Waals surface area (Å²) in [5.74, 6) is -0.239. The van der Waals surface area contributed by atoms with Gasteiger partial charge in [-0.05, 0) is 18.6 Å². The molecule has 2 rings (SSSR count). The molecule has 0 bridgehead atoms. The maximum Gasteiger partial charge on any atom is 0.227 e. The van der Waals surface area contributed by atoms with Gasteiger partial charge >= 0.3 is 0 Å². The Kier molecular flexibility index (Phi) is 5.31. The Bertz CT molecular complexity index is 623. The number of para-hydroxylation sites is 1. The molecule has 0 aliphatic carbocycles. The minimum Gasteiger partial charge on any atom is -0.385 e. The van der Waals surface area contributed by atoms with Crippen LogP contribution in [0.15, 0.2) is 54.6 Å². The van der Waals surface area contributed by atoms with Crippen LogP contribution in [-0.2, 0) is 21.7 Å². The van der Waals surface area contributed by atoms with Gasteiger partial charge in [-0.25, -0.2) is 0 Å². The van der Waals surface area contributed by atoms with Crippen LogP contribution in [0.5, 0.6) is 0 Å². The van der Waals surface area contributed by atoms with Crippen LogP contribution in [-0.4, -0.2) is 18.1 Å². The number of hydrogen-bond donors (Lipinski definition) is 2. The van der Waals surface area contributed by atoms with E-state index in [2.05, 4.69) is 5.32 Å². The Hall–Kier alpha value is -2.17. The number of ether oxygens (including phenoxy) is 1. The highest BCUT2D eigenvalue weighted by molar-refractivity contribution is 5.92. The van der Waals surface area contributed by atoms with Crippen molar-refractivity contribution in [2.45, 2.75) is 25.6 Å². The number of hydrogen-bond acceptors (Lipinski definition) is 3. The second-order valence-electron chi connectivity index (χ2n) is 5.45. The number of amides is 1. The topological polar surface area (TPSA) is 58.6 Å². The molecule has 2 N–H and O–H groups in total.